The quantitative estimate of drug-likeness (QED) is 0.193. The van der Waals surface area contributed by atoms with Crippen molar-refractivity contribution < 1.29 is 40.1 Å². The highest BCUT2D eigenvalue weighted by Gasteiger charge is 2.72. The second kappa shape index (κ2) is 12.0. The molecule has 1 aliphatic heterocycles. The van der Waals surface area contributed by atoms with Crippen LogP contribution in [0.15, 0.2) is 23.3 Å². The summed E-state index contributed by atoms with van der Waals surface area (Å²) in [4.78, 5) is 0. The molecule has 1 heterocycles. The van der Waals surface area contributed by atoms with Gasteiger partial charge in [0.1, 0.15) is 24.4 Å². The molecule has 44 heavy (non-hydrogen) atoms. The number of hydrogen-bond donors (Lipinski definition) is 6. The molecule has 0 spiro atoms. The highest BCUT2D eigenvalue weighted by atomic mass is 16.7. The Labute approximate surface area is 264 Å². The number of hydrogen-bond acceptors (Lipinski definition) is 8. The Balaban J connectivity index is 1.55. The molecule has 4 aliphatic carbocycles. The predicted octanol–water partition coefficient (Wildman–Crippen LogP) is 4.10. The van der Waals surface area contributed by atoms with E-state index in [1.54, 1.807) is 0 Å². The smallest absolute Gasteiger partial charge is 0.186 e. The molecule has 0 aromatic heterocycles. The normalized spacial score (nSPS) is 52.1. The first-order valence-electron chi connectivity index (χ1n) is 17.1. The third-order valence-electron chi connectivity index (χ3n) is 13.9. The van der Waals surface area contributed by atoms with Gasteiger partial charge >= 0.3 is 0 Å². The predicted molar refractivity (Wildman–Crippen MR) is 168 cm³/mol. The van der Waals surface area contributed by atoms with Crippen molar-refractivity contribution in [3.63, 3.8) is 0 Å². The van der Waals surface area contributed by atoms with Crippen LogP contribution >= 0.6 is 0 Å². The largest absolute Gasteiger partial charge is 0.394 e. The fourth-order valence-corrected chi connectivity index (χ4v) is 11.5. The Morgan fingerprint density at radius 1 is 0.864 bits per heavy atom. The summed E-state index contributed by atoms with van der Waals surface area (Å²) < 4.78 is 12.6. The van der Waals surface area contributed by atoms with Crippen LogP contribution in [0.5, 0.6) is 0 Å². The van der Waals surface area contributed by atoms with Gasteiger partial charge < -0.3 is 40.1 Å². The van der Waals surface area contributed by atoms with E-state index in [9.17, 15) is 30.6 Å². The van der Waals surface area contributed by atoms with Crippen molar-refractivity contribution in [1.82, 2.24) is 0 Å². The molecule has 0 bridgehead atoms. The maximum absolute atomic E-state index is 12.0. The molecule has 6 N–H and O–H groups in total. The molecule has 8 nitrogen and oxygen atoms in total. The molecular weight excluding hydrogens is 560 g/mol. The van der Waals surface area contributed by atoms with Crippen molar-refractivity contribution in [2.24, 2.45) is 45.3 Å². The lowest BCUT2D eigenvalue weighted by Crippen LogP contribution is -2.70. The number of fused-ring (bicyclic) bond motifs is 5. The summed E-state index contributed by atoms with van der Waals surface area (Å²) in [6, 6.07) is 0. The van der Waals surface area contributed by atoms with Crippen LogP contribution in [0.3, 0.4) is 0 Å². The van der Waals surface area contributed by atoms with Gasteiger partial charge in [-0.3, -0.25) is 0 Å². The molecule has 0 aromatic carbocycles. The lowest BCUT2D eigenvalue weighted by Gasteiger charge is -2.72. The van der Waals surface area contributed by atoms with E-state index in [4.69, 9.17) is 9.47 Å². The van der Waals surface area contributed by atoms with Crippen LogP contribution in [-0.2, 0) is 9.47 Å². The fourth-order valence-electron chi connectivity index (χ4n) is 11.5. The molecule has 0 radical (unpaired) electrons. The van der Waals surface area contributed by atoms with Crippen molar-refractivity contribution >= 4 is 0 Å². The van der Waals surface area contributed by atoms with Crippen molar-refractivity contribution in [1.29, 1.82) is 0 Å². The molecule has 5 rings (SSSR count). The summed E-state index contributed by atoms with van der Waals surface area (Å²) in [6.45, 7) is 17.2. The van der Waals surface area contributed by atoms with Crippen LogP contribution < -0.4 is 0 Å². The zero-order valence-electron chi connectivity index (χ0n) is 28.2. The van der Waals surface area contributed by atoms with Gasteiger partial charge in [0, 0.05) is 0 Å². The Kier molecular flexibility index (Phi) is 9.40. The SMILES string of the molecule is CC(C)=CC/C=C(\C)C1CCC2(C)C1C(O)CC1C3(C)CCC(O)C(C)(C)C3C(OC3OC(CO)C(O)C(O)C3O)CC12C. The maximum Gasteiger partial charge on any atom is 0.186 e. The minimum absolute atomic E-state index is 0.112. The van der Waals surface area contributed by atoms with Crippen LogP contribution in [0, 0.1) is 45.3 Å². The minimum Gasteiger partial charge on any atom is -0.394 e. The van der Waals surface area contributed by atoms with Gasteiger partial charge in [0.15, 0.2) is 6.29 Å². The van der Waals surface area contributed by atoms with Crippen molar-refractivity contribution in [2.75, 3.05) is 6.61 Å². The van der Waals surface area contributed by atoms with Gasteiger partial charge in [0.2, 0.25) is 0 Å². The molecule has 1 saturated heterocycles. The Morgan fingerprint density at radius 3 is 2.18 bits per heavy atom. The summed E-state index contributed by atoms with van der Waals surface area (Å²) in [7, 11) is 0. The van der Waals surface area contributed by atoms with Crippen LogP contribution in [0.25, 0.3) is 0 Å². The Morgan fingerprint density at radius 2 is 1.55 bits per heavy atom. The van der Waals surface area contributed by atoms with Gasteiger partial charge in [-0.15, -0.1) is 0 Å². The van der Waals surface area contributed by atoms with Gasteiger partial charge in [-0.05, 0) is 111 Å². The molecule has 5 fully saturated rings. The number of aliphatic hydroxyl groups is 6. The Bertz CT molecular complexity index is 1110. The van der Waals surface area contributed by atoms with Crippen LogP contribution in [0.1, 0.15) is 100 Å². The molecule has 4 saturated carbocycles. The number of aliphatic hydroxyl groups excluding tert-OH is 6. The minimum atomic E-state index is -1.52. The second-order valence-corrected chi connectivity index (χ2v) is 16.8. The van der Waals surface area contributed by atoms with Gasteiger partial charge in [0.05, 0.1) is 24.9 Å². The molecule has 5 aliphatic rings. The maximum atomic E-state index is 12.0. The van der Waals surface area contributed by atoms with E-state index in [1.807, 2.05) is 0 Å². The topological polar surface area (TPSA) is 140 Å². The molecule has 15 atom stereocenters. The highest BCUT2D eigenvalue weighted by Crippen LogP contribution is 2.76. The van der Waals surface area contributed by atoms with E-state index in [2.05, 4.69) is 67.5 Å². The first-order chi connectivity index (χ1) is 20.4. The van der Waals surface area contributed by atoms with E-state index in [1.165, 1.54) is 11.1 Å². The molecular formula is C36H60O8. The van der Waals surface area contributed by atoms with E-state index in [0.29, 0.717) is 25.2 Å². The zero-order valence-corrected chi connectivity index (χ0v) is 28.2. The van der Waals surface area contributed by atoms with Gasteiger partial charge in [0.25, 0.3) is 0 Å². The van der Waals surface area contributed by atoms with Crippen molar-refractivity contribution in [2.45, 2.75) is 149 Å². The molecule has 15 unspecified atom stereocenters. The number of rotatable bonds is 6. The first-order valence-corrected chi connectivity index (χ1v) is 17.1. The van der Waals surface area contributed by atoms with E-state index < -0.39 is 61.0 Å². The van der Waals surface area contributed by atoms with Gasteiger partial charge in [-0.1, -0.05) is 57.9 Å². The molecule has 0 aromatic rings. The average Bonchev–Trinajstić information content (AvgIpc) is 3.32. The summed E-state index contributed by atoms with van der Waals surface area (Å²) in [6.07, 6.45) is 2.23. The molecule has 252 valence electrons. The van der Waals surface area contributed by atoms with Crippen molar-refractivity contribution in [3.8, 4) is 0 Å². The van der Waals surface area contributed by atoms with E-state index >= 15 is 0 Å². The zero-order chi connectivity index (χ0) is 32.6. The highest BCUT2D eigenvalue weighted by molar-refractivity contribution is 5.24. The van der Waals surface area contributed by atoms with E-state index in [0.717, 1.165) is 25.7 Å². The fraction of sp³-hybridized carbons (Fsp3) is 0.889. The summed E-state index contributed by atoms with van der Waals surface area (Å²) in [5.74, 6) is 0.506. The van der Waals surface area contributed by atoms with Crippen LogP contribution in [0.4, 0.5) is 0 Å². The van der Waals surface area contributed by atoms with Crippen LogP contribution in [-0.4, -0.2) is 86.3 Å². The van der Waals surface area contributed by atoms with E-state index in [-0.39, 0.29) is 34.0 Å². The summed E-state index contributed by atoms with van der Waals surface area (Å²) >= 11 is 0. The Hall–Kier alpha value is -0.840. The lowest BCUT2D eigenvalue weighted by molar-refractivity contribution is -0.346. The van der Waals surface area contributed by atoms with Gasteiger partial charge in [-0.2, -0.15) is 0 Å². The molecule has 0 amide bonds. The second-order valence-electron chi connectivity index (χ2n) is 16.8. The van der Waals surface area contributed by atoms with Crippen LogP contribution in [0.2, 0.25) is 0 Å². The summed E-state index contributed by atoms with van der Waals surface area (Å²) in [5, 5.41) is 65.2. The number of ether oxygens (including phenoxy) is 2. The standard InChI is InChI=1S/C36H60O8/c1-19(2)10-9-11-20(3)21-12-15-35(7)27(21)22(38)16-25-34(6)14-13-26(39)33(4,5)31(34)23(17-36(25,35)8)43-32-30(42)29(41)28(40)24(18-37)44-32/h10-11,21-32,37-42H,9,12-18H2,1-8H3/b20-11+. The third-order valence-corrected chi connectivity index (χ3v) is 13.9. The summed E-state index contributed by atoms with van der Waals surface area (Å²) in [5.41, 5.74) is 1.49. The first kappa shape index (κ1) is 34.5. The third kappa shape index (κ3) is 5.18. The average molecular weight is 621 g/mol. The number of allylic oxidation sites excluding steroid dienone is 4. The lowest BCUT2D eigenvalue weighted by atomic mass is 9.34. The van der Waals surface area contributed by atoms with Gasteiger partial charge in [-0.25, -0.2) is 0 Å². The van der Waals surface area contributed by atoms with Crippen molar-refractivity contribution in [3.05, 3.63) is 23.3 Å². The monoisotopic (exact) mass is 620 g/mol. The molecule has 8 heteroatoms.